The molecule has 110 valence electrons. The van der Waals surface area contributed by atoms with Gasteiger partial charge in [0.15, 0.2) is 0 Å². The monoisotopic (exact) mass is 299 g/mol. The Bertz CT molecular complexity index is 626. The molecule has 0 heterocycles. The van der Waals surface area contributed by atoms with Crippen molar-refractivity contribution in [3.8, 4) is 5.75 Å². The van der Waals surface area contributed by atoms with Crippen LogP contribution in [0.1, 0.15) is 37.5 Å². The first-order valence-electron chi connectivity index (χ1n) is 6.98. The summed E-state index contributed by atoms with van der Waals surface area (Å²) in [6.45, 7) is 7.12. The first-order valence-corrected chi connectivity index (χ1v) is 7.39. The SMILES string of the molecule is CC(C)(C)c1cccc(OCc2ccc(C(N)=S)cc2)c1. The second-order valence-corrected chi connectivity index (χ2v) is 6.57. The number of rotatable bonds is 4. The Balaban J connectivity index is 2.04. The molecule has 0 aromatic heterocycles. The highest BCUT2D eigenvalue weighted by Gasteiger charge is 2.13. The highest BCUT2D eigenvalue weighted by molar-refractivity contribution is 7.80. The third-order valence-corrected chi connectivity index (χ3v) is 3.58. The minimum absolute atomic E-state index is 0.123. The average molecular weight is 299 g/mol. The molecule has 2 nitrogen and oxygen atoms in total. The molecule has 0 unspecified atom stereocenters. The molecule has 21 heavy (non-hydrogen) atoms. The molecule has 2 N–H and O–H groups in total. The van der Waals surface area contributed by atoms with Crippen molar-refractivity contribution < 1.29 is 4.74 Å². The van der Waals surface area contributed by atoms with Crippen molar-refractivity contribution in [3.05, 3.63) is 65.2 Å². The minimum Gasteiger partial charge on any atom is -0.489 e. The van der Waals surface area contributed by atoms with Gasteiger partial charge in [0.25, 0.3) is 0 Å². The first-order chi connectivity index (χ1) is 9.86. The molecule has 0 saturated carbocycles. The highest BCUT2D eigenvalue weighted by Crippen LogP contribution is 2.26. The van der Waals surface area contributed by atoms with E-state index in [4.69, 9.17) is 22.7 Å². The topological polar surface area (TPSA) is 35.2 Å². The highest BCUT2D eigenvalue weighted by atomic mass is 32.1. The second kappa shape index (κ2) is 6.27. The normalized spacial score (nSPS) is 11.2. The first kappa shape index (κ1) is 15.5. The van der Waals surface area contributed by atoms with Gasteiger partial charge in [-0.1, -0.05) is 69.4 Å². The summed E-state index contributed by atoms with van der Waals surface area (Å²) < 4.78 is 5.86. The van der Waals surface area contributed by atoms with E-state index in [-0.39, 0.29) is 5.41 Å². The van der Waals surface area contributed by atoms with Crippen LogP contribution in [-0.4, -0.2) is 4.99 Å². The van der Waals surface area contributed by atoms with E-state index in [1.807, 2.05) is 36.4 Å². The summed E-state index contributed by atoms with van der Waals surface area (Å²) in [6, 6.07) is 16.1. The Morgan fingerprint density at radius 1 is 1.10 bits per heavy atom. The van der Waals surface area contributed by atoms with Crippen LogP contribution in [0.5, 0.6) is 5.75 Å². The van der Waals surface area contributed by atoms with E-state index in [0.717, 1.165) is 16.9 Å². The minimum atomic E-state index is 0.123. The summed E-state index contributed by atoms with van der Waals surface area (Å²) >= 11 is 4.94. The van der Waals surface area contributed by atoms with E-state index in [1.165, 1.54) is 5.56 Å². The van der Waals surface area contributed by atoms with Gasteiger partial charge in [0.2, 0.25) is 0 Å². The van der Waals surface area contributed by atoms with E-state index in [2.05, 4.69) is 32.9 Å². The number of hydrogen-bond acceptors (Lipinski definition) is 2. The van der Waals surface area contributed by atoms with Crippen LogP contribution in [-0.2, 0) is 12.0 Å². The average Bonchev–Trinajstić information content (AvgIpc) is 2.45. The van der Waals surface area contributed by atoms with Crippen molar-refractivity contribution in [2.75, 3.05) is 0 Å². The summed E-state index contributed by atoms with van der Waals surface area (Å²) in [7, 11) is 0. The lowest BCUT2D eigenvalue weighted by Gasteiger charge is -2.19. The van der Waals surface area contributed by atoms with E-state index >= 15 is 0 Å². The van der Waals surface area contributed by atoms with Gasteiger partial charge >= 0.3 is 0 Å². The van der Waals surface area contributed by atoms with Crippen molar-refractivity contribution in [2.24, 2.45) is 5.73 Å². The number of ether oxygens (including phenoxy) is 1. The van der Waals surface area contributed by atoms with Crippen LogP contribution in [0.3, 0.4) is 0 Å². The zero-order chi connectivity index (χ0) is 15.5. The van der Waals surface area contributed by atoms with E-state index < -0.39 is 0 Å². The van der Waals surface area contributed by atoms with Crippen molar-refractivity contribution >= 4 is 17.2 Å². The molecule has 2 aromatic carbocycles. The molecule has 0 aliphatic carbocycles. The van der Waals surface area contributed by atoms with Gasteiger partial charge in [-0.3, -0.25) is 0 Å². The van der Waals surface area contributed by atoms with Gasteiger partial charge in [0.1, 0.15) is 17.3 Å². The Hall–Kier alpha value is -1.87. The van der Waals surface area contributed by atoms with Gasteiger partial charge in [-0.15, -0.1) is 0 Å². The fourth-order valence-electron chi connectivity index (χ4n) is 1.98. The number of hydrogen-bond donors (Lipinski definition) is 1. The van der Waals surface area contributed by atoms with Crippen molar-refractivity contribution in [3.63, 3.8) is 0 Å². The molecule has 0 atom stereocenters. The predicted molar refractivity (Wildman–Crippen MR) is 91.8 cm³/mol. The molecule has 0 saturated heterocycles. The third kappa shape index (κ3) is 4.30. The smallest absolute Gasteiger partial charge is 0.120 e. The van der Waals surface area contributed by atoms with Gasteiger partial charge in [-0.05, 0) is 28.7 Å². The van der Waals surface area contributed by atoms with Gasteiger partial charge in [0.05, 0.1) is 0 Å². The molecule has 0 radical (unpaired) electrons. The van der Waals surface area contributed by atoms with E-state index in [0.29, 0.717) is 11.6 Å². The van der Waals surface area contributed by atoms with Gasteiger partial charge in [-0.2, -0.15) is 0 Å². The summed E-state index contributed by atoms with van der Waals surface area (Å²) in [5, 5.41) is 0. The van der Waals surface area contributed by atoms with Crippen LogP contribution in [0, 0.1) is 0 Å². The molecular weight excluding hydrogens is 278 g/mol. The summed E-state index contributed by atoms with van der Waals surface area (Å²) in [4.78, 5) is 0.417. The standard InChI is InChI=1S/C18H21NOS/c1-18(2,3)15-5-4-6-16(11-15)20-12-13-7-9-14(10-8-13)17(19)21/h4-11H,12H2,1-3H3,(H2,19,21). The maximum Gasteiger partial charge on any atom is 0.120 e. The lowest BCUT2D eigenvalue weighted by atomic mass is 9.87. The Morgan fingerprint density at radius 2 is 1.76 bits per heavy atom. The van der Waals surface area contributed by atoms with Crippen molar-refractivity contribution in [1.82, 2.24) is 0 Å². The predicted octanol–water partition coefficient (Wildman–Crippen LogP) is 4.20. The largest absolute Gasteiger partial charge is 0.489 e. The van der Waals surface area contributed by atoms with Crippen LogP contribution in [0.25, 0.3) is 0 Å². The van der Waals surface area contributed by atoms with Crippen LogP contribution in [0.15, 0.2) is 48.5 Å². The van der Waals surface area contributed by atoms with Crippen LogP contribution in [0.4, 0.5) is 0 Å². The van der Waals surface area contributed by atoms with Gasteiger partial charge in [0, 0.05) is 5.56 Å². The molecule has 2 aromatic rings. The zero-order valence-corrected chi connectivity index (χ0v) is 13.5. The third-order valence-electron chi connectivity index (χ3n) is 3.34. The molecule has 0 bridgehead atoms. The Kier molecular flexibility index (Phi) is 4.63. The quantitative estimate of drug-likeness (QED) is 0.859. The summed E-state index contributed by atoms with van der Waals surface area (Å²) in [6.07, 6.45) is 0. The second-order valence-electron chi connectivity index (χ2n) is 6.13. The van der Waals surface area contributed by atoms with E-state index in [9.17, 15) is 0 Å². The van der Waals surface area contributed by atoms with Crippen LogP contribution < -0.4 is 10.5 Å². The lowest BCUT2D eigenvalue weighted by Crippen LogP contribution is -2.11. The van der Waals surface area contributed by atoms with Gasteiger partial charge in [-0.25, -0.2) is 0 Å². The van der Waals surface area contributed by atoms with E-state index in [1.54, 1.807) is 0 Å². The van der Waals surface area contributed by atoms with Crippen molar-refractivity contribution in [1.29, 1.82) is 0 Å². The summed E-state index contributed by atoms with van der Waals surface area (Å²) in [5.74, 6) is 0.890. The van der Waals surface area contributed by atoms with Crippen LogP contribution >= 0.6 is 12.2 Å². The molecule has 0 aliphatic heterocycles. The summed E-state index contributed by atoms with van der Waals surface area (Å²) in [5.41, 5.74) is 8.95. The van der Waals surface area contributed by atoms with Gasteiger partial charge < -0.3 is 10.5 Å². The van der Waals surface area contributed by atoms with Crippen LogP contribution in [0.2, 0.25) is 0 Å². The zero-order valence-electron chi connectivity index (χ0n) is 12.7. The molecule has 0 fully saturated rings. The molecule has 2 rings (SSSR count). The number of benzene rings is 2. The molecule has 0 aliphatic rings. The molecule has 0 spiro atoms. The Labute approximate surface area is 131 Å². The number of thiocarbonyl (C=S) groups is 1. The lowest BCUT2D eigenvalue weighted by molar-refractivity contribution is 0.305. The molecule has 3 heteroatoms. The fourth-order valence-corrected chi connectivity index (χ4v) is 2.12. The Morgan fingerprint density at radius 3 is 2.33 bits per heavy atom. The molecular formula is C18H21NOS. The van der Waals surface area contributed by atoms with Crippen molar-refractivity contribution in [2.45, 2.75) is 32.8 Å². The fraction of sp³-hybridized carbons (Fsp3) is 0.278. The number of nitrogens with two attached hydrogens (primary N) is 1. The maximum absolute atomic E-state index is 5.86. The maximum atomic E-state index is 5.86. The molecule has 0 amide bonds.